The van der Waals surface area contributed by atoms with Crippen LogP contribution in [0.25, 0.3) is 11.0 Å². The van der Waals surface area contributed by atoms with Gasteiger partial charge in [-0.05, 0) is 56.7 Å². The second-order valence-corrected chi connectivity index (χ2v) is 7.37. The first-order valence-electron chi connectivity index (χ1n) is 8.13. The highest BCUT2D eigenvalue weighted by Crippen LogP contribution is 2.36. The molecule has 2 heterocycles. The first-order chi connectivity index (χ1) is 10.3. The van der Waals surface area contributed by atoms with E-state index in [9.17, 15) is 0 Å². The predicted octanol–water partition coefficient (Wildman–Crippen LogP) is 5.07. The van der Waals surface area contributed by atoms with E-state index in [1.165, 1.54) is 36.0 Å². The van der Waals surface area contributed by atoms with Crippen LogP contribution in [0.5, 0.6) is 0 Å². The Bertz CT molecular complexity index is 586. The number of rotatable bonds is 5. The Hall–Kier alpha value is -0.930. The van der Waals surface area contributed by atoms with Gasteiger partial charge in [0.1, 0.15) is 11.3 Å². The van der Waals surface area contributed by atoms with E-state index in [0.29, 0.717) is 11.3 Å². The Morgan fingerprint density at radius 2 is 2.24 bits per heavy atom. The lowest BCUT2D eigenvalue weighted by Crippen LogP contribution is -2.32. The number of hydrogen-bond donors (Lipinski definition) is 1. The molecule has 2 atom stereocenters. The summed E-state index contributed by atoms with van der Waals surface area (Å²) in [5.41, 5.74) is 2.31. The van der Waals surface area contributed by atoms with Crippen molar-refractivity contribution in [3.8, 4) is 0 Å². The van der Waals surface area contributed by atoms with E-state index >= 15 is 0 Å². The standard InChI is InChI=1S/C18H25NOS/c1-3-9-19-18(17-6-4-5-10-21-17)16-12-14-11-13(2)7-8-15(14)20-16/h7-8,11-12,17-19H,3-6,9-10H2,1-2H3. The maximum absolute atomic E-state index is 6.16. The number of aryl methyl sites for hydroxylation is 1. The van der Waals surface area contributed by atoms with Crippen molar-refractivity contribution < 1.29 is 4.42 Å². The third-order valence-corrected chi connectivity index (χ3v) is 5.66. The molecule has 1 aromatic carbocycles. The van der Waals surface area contributed by atoms with Crippen LogP contribution in [0, 0.1) is 6.92 Å². The fourth-order valence-corrected chi connectivity index (χ4v) is 4.51. The summed E-state index contributed by atoms with van der Waals surface area (Å²) in [5.74, 6) is 2.40. The van der Waals surface area contributed by atoms with Crippen molar-refractivity contribution in [3.05, 3.63) is 35.6 Å². The zero-order chi connectivity index (χ0) is 14.7. The molecule has 0 aliphatic carbocycles. The van der Waals surface area contributed by atoms with Gasteiger partial charge in [0.15, 0.2) is 0 Å². The maximum atomic E-state index is 6.16. The molecule has 3 heteroatoms. The Morgan fingerprint density at radius 1 is 1.33 bits per heavy atom. The largest absolute Gasteiger partial charge is 0.459 e. The van der Waals surface area contributed by atoms with Crippen molar-refractivity contribution in [2.75, 3.05) is 12.3 Å². The van der Waals surface area contributed by atoms with Crippen LogP contribution in [-0.4, -0.2) is 17.5 Å². The lowest BCUT2D eigenvalue weighted by Gasteiger charge is -2.29. The first kappa shape index (κ1) is 15.0. The molecule has 0 saturated carbocycles. The van der Waals surface area contributed by atoms with Crippen LogP contribution in [0.3, 0.4) is 0 Å². The zero-order valence-electron chi connectivity index (χ0n) is 13.0. The van der Waals surface area contributed by atoms with Gasteiger partial charge in [-0.25, -0.2) is 0 Å². The average Bonchev–Trinajstić information content (AvgIpc) is 2.91. The molecule has 1 saturated heterocycles. The molecule has 0 spiro atoms. The van der Waals surface area contributed by atoms with Crippen LogP contribution in [0.15, 0.2) is 28.7 Å². The Kier molecular flexibility index (Phi) is 4.91. The number of fused-ring (bicyclic) bond motifs is 1. The van der Waals surface area contributed by atoms with E-state index in [2.05, 4.69) is 55.2 Å². The minimum absolute atomic E-state index is 0.350. The van der Waals surface area contributed by atoms with Gasteiger partial charge in [-0.15, -0.1) is 0 Å². The van der Waals surface area contributed by atoms with E-state index < -0.39 is 0 Å². The highest BCUT2D eigenvalue weighted by atomic mass is 32.2. The minimum Gasteiger partial charge on any atom is -0.459 e. The van der Waals surface area contributed by atoms with E-state index in [1.54, 1.807) is 0 Å². The van der Waals surface area contributed by atoms with Gasteiger partial charge < -0.3 is 9.73 Å². The van der Waals surface area contributed by atoms with Crippen molar-refractivity contribution in [1.82, 2.24) is 5.32 Å². The van der Waals surface area contributed by atoms with Crippen LogP contribution < -0.4 is 5.32 Å². The number of hydrogen-bond acceptors (Lipinski definition) is 3. The second kappa shape index (κ2) is 6.89. The first-order valence-corrected chi connectivity index (χ1v) is 9.18. The van der Waals surface area contributed by atoms with Crippen molar-refractivity contribution in [3.63, 3.8) is 0 Å². The zero-order valence-corrected chi connectivity index (χ0v) is 13.8. The highest BCUT2D eigenvalue weighted by Gasteiger charge is 2.27. The van der Waals surface area contributed by atoms with Crippen LogP contribution in [0.4, 0.5) is 0 Å². The lowest BCUT2D eigenvalue weighted by molar-refractivity contribution is 0.403. The topological polar surface area (TPSA) is 25.2 Å². The number of nitrogens with one attached hydrogen (secondary N) is 1. The van der Waals surface area contributed by atoms with Gasteiger partial charge in [-0.1, -0.05) is 25.0 Å². The summed E-state index contributed by atoms with van der Waals surface area (Å²) in [6.07, 6.45) is 5.16. The van der Waals surface area contributed by atoms with Gasteiger partial charge in [0.2, 0.25) is 0 Å². The lowest BCUT2D eigenvalue weighted by atomic mass is 10.0. The van der Waals surface area contributed by atoms with E-state index in [0.717, 1.165) is 24.3 Å². The van der Waals surface area contributed by atoms with Crippen LogP contribution in [0.1, 0.15) is 50.0 Å². The second-order valence-electron chi connectivity index (χ2n) is 6.03. The van der Waals surface area contributed by atoms with Gasteiger partial charge >= 0.3 is 0 Å². The molecule has 2 aromatic rings. The molecule has 2 nitrogen and oxygen atoms in total. The fraction of sp³-hybridized carbons (Fsp3) is 0.556. The van der Waals surface area contributed by atoms with Gasteiger partial charge in [0.05, 0.1) is 6.04 Å². The molecule has 1 aromatic heterocycles. The molecule has 1 fully saturated rings. The summed E-state index contributed by atoms with van der Waals surface area (Å²) in [7, 11) is 0. The Labute approximate surface area is 131 Å². The van der Waals surface area contributed by atoms with E-state index in [1.807, 2.05) is 0 Å². The highest BCUT2D eigenvalue weighted by molar-refractivity contribution is 8.00. The summed E-state index contributed by atoms with van der Waals surface area (Å²) >= 11 is 2.11. The fourth-order valence-electron chi connectivity index (χ4n) is 3.08. The van der Waals surface area contributed by atoms with Gasteiger partial charge in [-0.3, -0.25) is 0 Å². The number of thioether (sulfide) groups is 1. The molecule has 1 aliphatic rings. The SMILES string of the molecule is CCCNC(c1cc2cc(C)ccc2o1)C1CCCCS1. The van der Waals surface area contributed by atoms with Crippen LogP contribution in [0.2, 0.25) is 0 Å². The van der Waals surface area contributed by atoms with Crippen molar-refractivity contribution in [1.29, 1.82) is 0 Å². The van der Waals surface area contributed by atoms with Gasteiger partial charge in [0, 0.05) is 10.6 Å². The van der Waals surface area contributed by atoms with Gasteiger partial charge in [0.25, 0.3) is 0 Å². The Balaban J connectivity index is 1.88. The molecule has 21 heavy (non-hydrogen) atoms. The smallest absolute Gasteiger partial charge is 0.134 e. The third-order valence-electron chi connectivity index (χ3n) is 4.20. The molecule has 3 rings (SSSR count). The predicted molar refractivity (Wildman–Crippen MR) is 92.1 cm³/mol. The van der Waals surface area contributed by atoms with E-state index in [-0.39, 0.29) is 0 Å². The quantitative estimate of drug-likeness (QED) is 0.835. The van der Waals surface area contributed by atoms with E-state index in [4.69, 9.17) is 4.42 Å². The summed E-state index contributed by atoms with van der Waals surface area (Å²) in [6, 6.07) is 9.03. The molecule has 1 aliphatic heterocycles. The monoisotopic (exact) mass is 303 g/mol. The number of furan rings is 1. The van der Waals surface area contributed by atoms with Gasteiger partial charge in [-0.2, -0.15) is 11.8 Å². The average molecular weight is 303 g/mol. The summed E-state index contributed by atoms with van der Waals surface area (Å²) in [6.45, 7) is 5.41. The molecule has 0 radical (unpaired) electrons. The molecular weight excluding hydrogens is 278 g/mol. The Morgan fingerprint density at radius 3 is 3.00 bits per heavy atom. The maximum Gasteiger partial charge on any atom is 0.134 e. The number of benzene rings is 1. The third kappa shape index (κ3) is 3.46. The molecule has 1 N–H and O–H groups in total. The van der Waals surface area contributed by atoms with Crippen LogP contribution in [-0.2, 0) is 0 Å². The molecular formula is C18H25NOS. The molecule has 114 valence electrons. The van der Waals surface area contributed by atoms with Crippen molar-refractivity contribution >= 4 is 22.7 Å². The minimum atomic E-state index is 0.350. The summed E-state index contributed by atoms with van der Waals surface area (Å²) < 4.78 is 6.16. The molecule has 2 unspecified atom stereocenters. The molecule has 0 bridgehead atoms. The summed E-state index contributed by atoms with van der Waals surface area (Å²) in [5, 5.41) is 5.59. The van der Waals surface area contributed by atoms with Crippen molar-refractivity contribution in [2.24, 2.45) is 0 Å². The normalized spacial score (nSPS) is 20.8. The van der Waals surface area contributed by atoms with Crippen LogP contribution >= 0.6 is 11.8 Å². The van der Waals surface area contributed by atoms with Crippen molar-refractivity contribution in [2.45, 2.75) is 50.8 Å². The summed E-state index contributed by atoms with van der Waals surface area (Å²) in [4.78, 5) is 0. The molecule has 0 amide bonds.